The highest BCUT2D eigenvalue weighted by molar-refractivity contribution is 8.03. The summed E-state index contributed by atoms with van der Waals surface area (Å²) in [5, 5.41) is 0. The van der Waals surface area contributed by atoms with Crippen molar-refractivity contribution in [2.75, 3.05) is 0 Å². The number of hydrogen-bond acceptors (Lipinski definition) is 3. The maximum Gasteiger partial charge on any atom is 0.163 e. The Balaban J connectivity index is 2.10. The molecule has 1 aliphatic rings. The quantitative estimate of drug-likeness (QED) is 0.616. The van der Waals surface area contributed by atoms with Crippen LogP contribution in [0.5, 0.6) is 0 Å². The van der Waals surface area contributed by atoms with E-state index in [1.807, 2.05) is 40.7 Å². The summed E-state index contributed by atoms with van der Waals surface area (Å²) in [6.45, 7) is 9.41. The van der Waals surface area contributed by atoms with E-state index < -0.39 is 27.0 Å². The van der Waals surface area contributed by atoms with Crippen LogP contribution in [-0.4, -0.2) is 21.1 Å². The number of Topliss-reactive ketones (excluding diaryl/α,β-unsaturated/α-hetero) is 2. The smallest absolute Gasteiger partial charge is 0.163 e. The molecule has 0 N–H and O–H groups in total. The number of rotatable bonds is 3. The summed E-state index contributed by atoms with van der Waals surface area (Å²) in [5.41, 5.74) is 2.86. The molecule has 1 aliphatic heterocycles. The van der Waals surface area contributed by atoms with Gasteiger partial charge in [-0.1, -0.05) is 31.2 Å². The zero-order valence-corrected chi connectivity index (χ0v) is 17.5. The second-order valence-electron chi connectivity index (χ2n) is 8.18. The van der Waals surface area contributed by atoms with Crippen molar-refractivity contribution in [3.63, 3.8) is 0 Å². The van der Waals surface area contributed by atoms with Gasteiger partial charge in [-0.05, 0) is 68.5 Å². The zero-order valence-electron chi connectivity index (χ0n) is 16.7. The average Bonchev–Trinajstić information content (AvgIpc) is 2.62. The molecule has 0 unspecified atom stereocenters. The van der Waals surface area contributed by atoms with E-state index in [0.29, 0.717) is 17.5 Å². The number of thioether (sulfide) groups is 1. The molecule has 0 atom stereocenters. The van der Waals surface area contributed by atoms with Crippen molar-refractivity contribution in [1.82, 2.24) is 0 Å². The SMILES string of the molecule is CCc1cc(-c2ccc(F)c(F)c2)ccc1C1C(=O)C(C)(C)SC(C)(C)C1=O. The summed E-state index contributed by atoms with van der Waals surface area (Å²) in [4.78, 5) is 26.2. The fourth-order valence-electron chi connectivity index (χ4n) is 3.88. The van der Waals surface area contributed by atoms with Crippen LogP contribution >= 0.6 is 11.8 Å². The minimum absolute atomic E-state index is 0.0860. The van der Waals surface area contributed by atoms with Gasteiger partial charge < -0.3 is 0 Å². The number of aryl methyl sites for hydroxylation is 1. The van der Waals surface area contributed by atoms with Gasteiger partial charge in [0.25, 0.3) is 0 Å². The number of carbonyl (C=O) groups excluding carboxylic acids is 2. The van der Waals surface area contributed by atoms with E-state index in [1.54, 1.807) is 12.1 Å². The van der Waals surface area contributed by atoms with Gasteiger partial charge in [0.15, 0.2) is 23.2 Å². The molecule has 3 rings (SSSR count). The predicted molar refractivity (Wildman–Crippen MR) is 110 cm³/mol. The molecule has 5 heteroatoms. The Morgan fingerprint density at radius 3 is 1.93 bits per heavy atom. The van der Waals surface area contributed by atoms with Gasteiger partial charge in [-0.2, -0.15) is 0 Å². The number of halogens is 2. The number of benzene rings is 2. The fraction of sp³-hybridized carbons (Fsp3) is 0.391. The van der Waals surface area contributed by atoms with E-state index in [0.717, 1.165) is 23.3 Å². The molecular formula is C23H24F2O2S. The lowest BCUT2D eigenvalue weighted by Crippen LogP contribution is -2.51. The normalized spacial score (nSPS) is 19.1. The third-order valence-electron chi connectivity index (χ3n) is 5.31. The number of ketones is 2. The Morgan fingerprint density at radius 2 is 1.39 bits per heavy atom. The van der Waals surface area contributed by atoms with E-state index >= 15 is 0 Å². The lowest BCUT2D eigenvalue weighted by molar-refractivity contribution is -0.132. The first-order chi connectivity index (χ1) is 13.0. The molecule has 2 nitrogen and oxygen atoms in total. The topological polar surface area (TPSA) is 34.1 Å². The molecule has 0 bridgehead atoms. The first kappa shape index (κ1) is 20.7. The summed E-state index contributed by atoms with van der Waals surface area (Å²) in [6, 6.07) is 9.20. The predicted octanol–water partition coefficient (Wildman–Crippen LogP) is 5.72. The lowest BCUT2D eigenvalue weighted by Gasteiger charge is -2.42. The van der Waals surface area contributed by atoms with Crippen LogP contribution < -0.4 is 0 Å². The highest BCUT2D eigenvalue weighted by Gasteiger charge is 2.52. The molecule has 0 saturated carbocycles. The summed E-state index contributed by atoms with van der Waals surface area (Å²) in [5.74, 6) is -2.77. The van der Waals surface area contributed by atoms with Crippen LogP contribution in [0.4, 0.5) is 8.78 Å². The van der Waals surface area contributed by atoms with Crippen molar-refractivity contribution in [1.29, 1.82) is 0 Å². The van der Waals surface area contributed by atoms with Gasteiger partial charge in [-0.3, -0.25) is 9.59 Å². The zero-order chi connectivity index (χ0) is 20.9. The maximum atomic E-state index is 13.6. The van der Waals surface area contributed by atoms with Crippen molar-refractivity contribution < 1.29 is 18.4 Å². The van der Waals surface area contributed by atoms with Crippen molar-refractivity contribution in [3.8, 4) is 11.1 Å². The second-order valence-corrected chi connectivity index (χ2v) is 10.4. The number of hydrogen-bond donors (Lipinski definition) is 0. The van der Waals surface area contributed by atoms with Crippen LogP contribution in [0, 0.1) is 11.6 Å². The minimum atomic E-state index is -0.905. The molecule has 0 aromatic heterocycles. The van der Waals surface area contributed by atoms with Crippen molar-refractivity contribution in [2.45, 2.75) is 56.5 Å². The fourth-order valence-corrected chi connectivity index (χ4v) is 5.60. The molecule has 2 aromatic rings. The largest absolute Gasteiger partial charge is 0.297 e. The Kier molecular flexibility index (Phi) is 5.26. The van der Waals surface area contributed by atoms with Gasteiger partial charge >= 0.3 is 0 Å². The molecule has 1 fully saturated rings. The summed E-state index contributed by atoms with van der Waals surface area (Å²) < 4.78 is 25.5. The van der Waals surface area contributed by atoms with E-state index in [-0.39, 0.29) is 11.6 Å². The molecule has 1 saturated heterocycles. The summed E-state index contributed by atoms with van der Waals surface area (Å²) in [7, 11) is 0. The average molecular weight is 403 g/mol. The van der Waals surface area contributed by atoms with Crippen LogP contribution in [0.15, 0.2) is 36.4 Å². The molecule has 28 heavy (non-hydrogen) atoms. The van der Waals surface area contributed by atoms with Crippen LogP contribution in [0.25, 0.3) is 11.1 Å². The van der Waals surface area contributed by atoms with Crippen molar-refractivity contribution in [2.24, 2.45) is 0 Å². The second kappa shape index (κ2) is 7.11. The first-order valence-corrected chi connectivity index (χ1v) is 10.2. The molecule has 0 radical (unpaired) electrons. The lowest BCUT2D eigenvalue weighted by atomic mass is 9.78. The van der Waals surface area contributed by atoms with E-state index in [2.05, 4.69) is 0 Å². The molecule has 1 heterocycles. The maximum absolute atomic E-state index is 13.6. The Bertz CT molecular complexity index is 937. The van der Waals surface area contributed by atoms with Gasteiger partial charge in [0, 0.05) is 0 Å². The van der Waals surface area contributed by atoms with Gasteiger partial charge in [-0.25, -0.2) is 8.78 Å². The third kappa shape index (κ3) is 3.52. The molecule has 148 valence electrons. The monoisotopic (exact) mass is 402 g/mol. The Labute approximate surface area is 168 Å². The Morgan fingerprint density at radius 1 is 0.857 bits per heavy atom. The third-order valence-corrected chi connectivity index (χ3v) is 6.73. The first-order valence-electron chi connectivity index (χ1n) is 9.35. The summed E-state index contributed by atoms with van der Waals surface area (Å²) >= 11 is 1.40. The van der Waals surface area contributed by atoms with Crippen LogP contribution in [0.1, 0.15) is 51.7 Å². The van der Waals surface area contributed by atoms with E-state index in [9.17, 15) is 18.4 Å². The van der Waals surface area contributed by atoms with Crippen molar-refractivity contribution >= 4 is 23.3 Å². The summed E-state index contributed by atoms with van der Waals surface area (Å²) in [6.07, 6.45) is 0.623. The molecule has 2 aromatic carbocycles. The molecule has 0 amide bonds. The van der Waals surface area contributed by atoms with Crippen molar-refractivity contribution in [3.05, 3.63) is 59.2 Å². The van der Waals surface area contributed by atoms with Gasteiger partial charge in [0.05, 0.1) is 9.49 Å². The minimum Gasteiger partial charge on any atom is -0.297 e. The molecule has 0 aliphatic carbocycles. The van der Waals surface area contributed by atoms with E-state index in [1.165, 1.54) is 17.8 Å². The van der Waals surface area contributed by atoms with Gasteiger partial charge in [0.1, 0.15) is 5.92 Å². The highest BCUT2D eigenvalue weighted by atomic mass is 32.2. The molecular weight excluding hydrogens is 378 g/mol. The van der Waals surface area contributed by atoms with Gasteiger partial charge in [0.2, 0.25) is 0 Å². The standard InChI is InChI=1S/C23H24F2O2S/c1-6-13-11-14(15-8-10-17(24)18(25)12-15)7-9-16(13)19-20(26)22(2,3)28-23(4,5)21(19)27/h7-12,19H,6H2,1-5H3. The molecule has 0 spiro atoms. The highest BCUT2D eigenvalue weighted by Crippen LogP contribution is 2.49. The van der Waals surface area contributed by atoms with Crippen LogP contribution in [0.3, 0.4) is 0 Å². The van der Waals surface area contributed by atoms with Gasteiger partial charge in [-0.15, -0.1) is 11.8 Å². The van der Waals surface area contributed by atoms with Crippen LogP contribution in [-0.2, 0) is 16.0 Å². The Hall–Kier alpha value is -2.01. The van der Waals surface area contributed by atoms with Crippen LogP contribution in [0.2, 0.25) is 0 Å². The van der Waals surface area contributed by atoms with E-state index in [4.69, 9.17) is 0 Å². The number of carbonyl (C=O) groups is 2.